The number of rotatable bonds is 4. The van der Waals surface area contributed by atoms with Crippen molar-refractivity contribution >= 4 is 22.6 Å². The van der Waals surface area contributed by atoms with E-state index in [4.69, 9.17) is 9.15 Å². The summed E-state index contributed by atoms with van der Waals surface area (Å²) in [6.45, 7) is 1.85. The van der Waals surface area contributed by atoms with Crippen LogP contribution in [0.1, 0.15) is 16.1 Å². The van der Waals surface area contributed by atoms with Crippen LogP contribution in [0.4, 0.5) is 5.69 Å². The van der Waals surface area contributed by atoms with Gasteiger partial charge in [0.2, 0.25) is 0 Å². The van der Waals surface area contributed by atoms with Crippen LogP contribution in [0, 0.1) is 6.92 Å². The van der Waals surface area contributed by atoms with Crippen LogP contribution in [0.2, 0.25) is 0 Å². The number of carbonyl (C=O) groups is 1. The molecule has 0 unspecified atom stereocenters. The summed E-state index contributed by atoms with van der Waals surface area (Å²) in [7, 11) is 1.57. The molecule has 2 heterocycles. The highest BCUT2D eigenvalue weighted by Gasteiger charge is 2.20. The van der Waals surface area contributed by atoms with Crippen LogP contribution in [-0.4, -0.2) is 27.8 Å². The van der Waals surface area contributed by atoms with Gasteiger partial charge < -0.3 is 14.5 Å². The molecule has 2 aromatic carbocycles. The number of methoxy groups -OCH3 is 1. The molecule has 7 heteroatoms. The zero-order valence-electron chi connectivity index (χ0n) is 14.3. The van der Waals surface area contributed by atoms with Crippen LogP contribution in [0.25, 0.3) is 16.7 Å². The minimum absolute atomic E-state index is 0.248. The zero-order valence-corrected chi connectivity index (χ0v) is 14.3. The van der Waals surface area contributed by atoms with Crippen molar-refractivity contribution in [2.75, 3.05) is 12.4 Å². The Morgan fingerprint density at radius 3 is 2.81 bits per heavy atom. The number of carbonyl (C=O) groups excluding carboxylic acids is 1. The Hall–Kier alpha value is -3.61. The SMILES string of the molecule is COc1cccc2c(C)c(C(=O)Nc3ccccc3-n3cncn3)oc12. The third-order valence-corrected chi connectivity index (χ3v) is 4.17. The summed E-state index contributed by atoms with van der Waals surface area (Å²) in [4.78, 5) is 16.8. The lowest BCUT2D eigenvalue weighted by molar-refractivity contribution is 0.0997. The van der Waals surface area contributed by atoms with Gasteiger partial charge in [-0.05, 0) is 25.1 Å². The first-order chi connectivity index (χ1) is 12.7. The van der Waals surface area contributed by atoms with E-state index in [2.05, 4.69) is 15.4 Å². The molecule has 1 N–H and O–H groups in total. The highest BCUT2D eigenvalue weighted by atomic mass is 16.5. The van der Waals surface area contributed by atoms with E-state index in [1.807, 2.05) is 37.3 Å². The molecule has 2 aromatic heterocycles. The molecular weight excluding hydrogens is 332 g/mol. The van der Waals surface area contributed by atoms with Gasteiger partial charge in [0, 0.05) is 10.9 Å². The average Bonchev–Trinajstić information content (AvgIpc) is 3.30. The Morgan fingerprint density at radius 1 is 1.19 bits per heavy atom. The van der Waals surface area contributed by atoms with Gasteiger partial charge in [0.1, 0.15) is 12.7 Å². The summed E-state index contributed by atoms with van der Waals surface area (Å²) in [5.41, 5.74) is 2.64. The van der Waals surface area contributed by atoms with Gasteiger partial charge in [-0.15, -0.1) is 0 Å². The van der Waals surface area contributed by atoms with Gasteiger partial charge in [0.25, 0.3) is 5.91 Å². The number of aryl methyl sites for hydroxylation is 1. The standard InChI is InChI=1S/C19H16N4O3/c1-12-13-6-5-9-16(25-2)18(13)26-17(12)19(24)22-14-7-3-4-8-15(14)23-11-20-10-21-23/h3-11H,1-2H3,(H,22,24). The Morgan fingerprint density at radius 2 is 2.04 bits per heavy atom. The Bertz CT molecular complexity index is 1080. The molecule has 0 bridgehead atoms. The van der Waals surface area contributed by atoms with Crippen LogP contribution in [0.15, 0.2) is 59.5 Å². The van der Waals surface area contributed by atoms with Crippen LogP contribution >= 0.6 is 0 Å². The van der Waals surface area contributed by atoms with E-state index < -0.39 is 0 Å². The number of aromatic nitrogens is 3. The van der Waals surface area contributed by atoms with E-state index in [1.165, 1.54) is 6.33 Å². The van der Waals surface area contributed by atoms with E-state index in [-0.39, 0.29) is 11.7 Å². The second-order valence-electron chi connectivity index (χ2n) is 5.70. The summed E-state index contributed by atoms with van der Waals surface area (Å²) < 4.78 is 12.7. The van der Waals surface area contributed by atoms with E-state index in [1.54, 1.807) is 30.3 Å². The summed E-state index contributed by atoms with van der Waals surface area (Å²) >= 11 is 0. The number of anilines is 1. The van der Waals surface area contributed by atoms with Crippen molar-refractivity contribution in [1.29, 1.82) is 0 Å². The molecule has 130 valence electrons. The minimum atomic E-state index is -0.340. The van der Waals surface area contributed by atoms with E-state index in [0.717, 1.165) is 10.9 Å². The summed E-state index contributed by atoms with van der Waals surface area (Å²) in [5.74, 6) is 0.499. The molecule has 0 aliphatic carbocycles. The molecule has 0 radical (unpaired) electrons. The number of nitrogens with one attached hydrogen (secondary N) is 1. The van der Waals surface area contributed by atoms with Crippen LogP contribution in [-0.2, 0) is 0 Å². The molecule has 0 atom stereocenters. The first-order valence-electron chi connectivity index (χ1n) is 8.00. The third kappa shape index (κ3) is 2.59. The Kier molecular flexibility index (Phi) is 3.89. The van der Waals surface area contributed by atoms with Crippen molar-refractivity contribution in [3.63, 3.8) is 0 Å². The van der Waals surface area contributed by atoms with Crippen molar-refractivity contribution in [1.82, 2.24) is 14.8 Å². The fourth-order valence-corrected chi connectivity index (χ4v) is 2.89. The molecule has 1 amide bonds. The molecule has 0 saturated heterocycles. The van der Waals surface area contributed by atoms with Crippen molar-refractivity contribution < 1.29 is 13.9 Å². The first-order valence-corrected chi connectivity index (χ1v) is 8.00. The van der Waals surface area contributed by atoms with Gasteiger partial charge in [0.05, 0.1) is 18.5 Å². The molecule has 4 aromatic rings. The molecule has 0 saturated carbocycles. The third-order valence-electron chi connectivity index (χ3n) is 4.17. The van der Waals surface area contributed by atoms with E-state index >= 15 is 0 Å². The zero-order chi connectivity index (χ0) is 18.1. The van der Waals surface area contributed by atoms with Gasteiger partial charge in [0.15, 0.2) is 17.1 Å². The molecular formula is C19H16N4O3. The second-order valence-corrected chi connectivity index (χ2v) is 5.70. The number of hydrogen-bond acceptors (Lipinski definition) is 5. The van der Waals surface area contributed by atoms with Gasteiger partial charge in [-0.3, -0.25) is 4.79 Å². The summed E-state index contributed by atoms with van der Waals surface area (Å²) in [5, 5.41) is 7.86. The highest BCUT2D eigenvalue weighted by molar-refractivity contribution is 6.07. The van der Waals surface area contributed by atoms with Gasteiger partial charge in [-0.1, -0.05) is 24.3 Å². The monoisotopic (exact) mass is 348 g/mol. The van der Waals surface area contributed by atoms with E-state index in [9.17, 15) is 4.79 Å². The van der Waals surface area contributed by atoms with Crippen molar-refractivity contribution in [3.8, 4) is 11.4 Å². The number of fused-ring (bicyclic) bond motifs is 1. The predicted molar refractivity (Wildman–Crippen MR) is 96.8 cm³/mol. The molecule has 0 fully saturated rings. The quantitative estimate of drug-likeness (QED) is 0.609. The van der Waals surface area contributed by atoms with Crippen LogP contribution in [0.3, 0.4) is 0 Å². The smallest absolute Gasteiger partial charge is 0.291 e. The number of nitrogens with zero attached hydrogens (tertiary/aromatic N) is 3. The lowest BCUT2D eigenvalue weighted by Crippen LogP contribution is -2.14. The molecule has 0 aliphatic rings. The lowest BCUT2D eigenvalue weighted by atomic mass is 10.1. The van der Waals surface area contributed by atoms with Crippen molar-refractivity contribution in [3.05, 3.63) is 66.4 Å². The number of hydrogen-bond donors (Lipinski definition) is 1. The normalized spacial score (nSPS) is 10.8. The lowest BCUT2D eigenvalue weighted by Gasteiger charge is -2.09. The second kappa shape index (κ2) is 6.36. The average molecular weight is 348 g/mol. The molecule has 7 nitrogen and oxygen atoms in total. The fourth-order valence-electron chi connectivity index (χ4n) is 2.89. The van der Waals surface area contributed by atoms with Crippen LogP contribution in [0.5, 0.6) is 5.75 Å². The molecule has 0 spiro atoms. The summed E-state index contributed by atoms with van der Waals surface area (Å²) in [6, 6.07) is 12.9. The minimum Gasteiger partial charge on any atom is -0.493 e. The maximum atomic E-state index is 12.8. The molecule has 26 heavy (non-hydrogen) atoms. The van der Waals surface area contributed by atoms with Gasteiger partial charge in [-0.2, -0.15) is 5.10 Å². The van der Waals surface area contributed by atoms with Crippen molar-refractivity contribution in [2.24, 2.45) is 0 Å². The Balaban J connectivity index is 1.72. The molecule has 0 aliphatic heterocycles. The highest BCUT2D eigenvalue weighted by Crippen LogP contribution is 2.32. The largest absolute Gasteiger partial charge is 0.493 e. The Labute approximate surface area is 149 Å². The fraction of sp³-hybridized carbons (Fsp3) is 0.105. The molecule has 4 rings (SSSR count). The van der Waals surface area contributed by atoms with Gasteiger partial charge >= 0.3 is 0 Å². The first kappa shape index (κ1) is 15.9. The number of benzene rings is 2. The van der Waals surface area contributed by atoms with Crippen molar-refractivity contribution in [2.45, 2.75) is 6.92 Å². The number of furan rings is 1. The predicted octanol–water partition coefficient (Wildman–Crippen LogP) is 3.58. The maximum Gasteiger partial charge on any atom is 0.291 e. The summed E-state index contributed by atoms with van der Waals surface area (Å²) in [6.07, 6.45) is 3.01. The number of amides is 1. The number of para-hydroxylation sites is 3. The topological polar surface area (TPSA) is 82.2 Å². The maximum absolute atomic E-state index is 12.8. The van der Waals surface area contributed by atoms with Crippen LogP contribution < -0.4 is 10.1 Å². The van der Waals surface area contributed by atoms with Gasteiger partial charge in [-0.25, -0.2) is 9.67 Å². The number of ether oxygens (including phenoxy) is 1. The van der Waals surface area contributed by atoms with E-state index in [0.29, 0.717) is 22.7 Å².